The van der Waals surface area contributed by atoms with E-state index in [4.69, 9.17) is 4.74 Å². The molecule has 0 saturated carbocycles. The Bertz CT molecular complexity index is 508. The number of carbonyl (C=O) groups is 1. The Kier molecular flexibility index (Phi) is 5.38. The third kappa shape index (κ3) is 4.73. The number of benzene rings is 1. The zero-order valence-electron chi connectivity index (χ0n) is 15.3. The van der Waals surface area contributed by atoms with Crippen LogP contribution in [0.15, 0.2) is 30.3 Å². The number of hydrogen-bond donors (Lipinski definition) is 0. The summed E-state index contributed by atoms with van der Waals surface area (Å²) in [6.07, 6.45) is 3.00. The van der Waals surface area contributed by atoms with Crippen molar-refractivity contribution in [3.63, 3.8) is 0 Å². The minimum atomic E-state index is -0.423. The molecule has 0 aromatic heterocycles. The number of ether oxygens (including phenoxy) is 1. The van der Waals surface area contributed by atoms with E-state index in [2.05, 4.69) is 44.2 Å². The zero-order chi connectivity index (χ0) is 17.1. The molecule has 0 atom stereocenters. The number of hydrogen-bond acceptors (Lipinski definition) is 2. The molecule has 0 unspecified atom stereocenters. The largest absolute Gasteiger partial charge is 0.444 e. The summed E-state index contributed by atoms with van der Waals surface area (Å²) >= 11 is 0. The molecule has 3 nitrogen and oxygen atoms in total. The first-order valence-corrected chi connectivity index (χ1v) is 8.74. The monoisotopic (exact) mass is 317 g/mol. The fourth-order valence-corrected chi connectivity index (χ4v) is 3.42. The highest BCUT2D eigenvalue weighted by molar-refractivity contribution is 5.68. The van der Waals surface area contributed by atoms with Crippen molar-refractivity contribution in [2.24, 2.45) is 11.3 Å². The average Bonchev–Trinajstić information content (AvgIpc) is 2.47. The summed E-state index contributed by atoms with van der Waals surface area (Å²) < 4.78 is 5.51. The minimum absolute atomic E-state index is 0.172. The number of likely N-dealkylation sites (tertiary alicyclic amines) is 1. The molecule has 1 aliphatic rings. The van der Waals surface area contributed by atoms with Crippen molar-refractivity contribution in [3.8, 4) is 0 Å². The topological polar surface area (TPSA) is 29.5 Å². The van der Waals surface area contributed by atoms with Crippen LogP contribution in [-0.2, 0) is 11.2 Å². The Morgan fingerprint density at radius 3 is 2.22 bits per heavy atom. The first-order valence-electron chi connectivity index (χ1n) is 8.74. The number of carbonyl (C=O) groups excluding carboxylic acids is 1. The van der Waals surface area contributed by atoms with Gasteiger partial charge in [-0.15, -0.1) is 0 Å². The highest BCUT2D eigenvalue weighted by Crippen LogP contribution is 2.42. The Hall–Kier alpha value is -1.51. The molecule has 128 valence electrons. The third-order valence-corrected chi connectivity index (χ3v) is 5.03. The molecule has 0 radical (unpaired) electrons. The highest BCUT2D eigenvalue weighted by Gasteiger charge is 2.39. The Morgan fingerprint density at radius 1 is 1.17 bits per heavy atom. The smallest absolute Gasteiger partial charge is 0.410 e. The van der Waals surface area contributed by atoms with Crippen LogP contribution in [0.5, 0.6) is 0 Å². The second-order valence-electron chi connectivity index (χ2n) is 8.15. The SMILES string of the molecule is CC(C)C1(Cc2ccccc2)CCN(C(=O)OC(C)(C)C)CC1. The van der Waals surface area contributed by atoms with Crippen LogP contribution in [0.1, 0.15) is 53.0 Å². The number of nitrogens with zero attached hydrogens (tertiary/aromatic N) is 1. The van der Waals surface area contributed by atoms with Gasteiger partial charge in [0.25, 0.3) is 0 Å². The van der Waals surface area contributed by atoms with Crippen molar-refractivity contribution in [3.05, 3.63) is 35.9 Å². The molecule has 1 fully saturated rings. The van der Waals surface area contributed by atoms with Gasteiger partial charge in [0, 0.05) is 13.1 Å². The third-order valence-electron chi connectivity index (χ3n) is 5.03. The zero-order valence-corrected chi connectivity index (χ0v) is 15.3. The molecule has 1 aromatic carbocycles. The number of piperidine rings is 1. The minimum Gasteiger partial charge on any atom is -0.444 e. The van der Waals surface area contributed by atoms with Crippen molar-refractivity contribution >= 4 is 6.09 Å². The maximum atomic E-state index is 12.3. The molecular formula is C20H31NO2. The van der Waals surface area contributed by atoms with E-state index in [0.29, 0.717) is 5.92 Å². The predicted octanol–water partition coefficient (Wildman–Crippen LogP) is 4.90. The lowest BCUT2D eigenvalue weighted by molar-refractivity contribution is 0.00260. The normalized spacial score (nSPS) is 18.1. The van der Waals surface area contributed by atoms with E-state index >= 15 is 0 Å². The van der Waals surface area contributed by atoms with Gasteiger partial charge in [0.05, 0.1) is 0 Å². The number of amides is 1. The van der Waals surface area contributed by atoms with E-state index in [9.17, 15) is 4.79 Å². The van der Waals surface area contributed by atoms with Crippen LogP contribution < -0.4 is 0 Å². The van der Waals surface area contributed by atoms with E-state index < -0.39 is 5.60 Å². The van der Waals surface area contributed by atoms with Crippen LogP contribution >= 0.6 is 0 Å². The van der Waals surface area contributed by atoms with Gasteiger partial charge in [-0.1, -0.05) is 44.2 Å². The Labute approximate surface area is 141 Å². The molecule has 1 aromatic rings. The van der Waals surface area contributed by atoms with E-state index in [1.54, 1.807) is 0 Å². The van der Waals surface area contributed by atoms with E-state index in [-0.39, 0.29) is 11.5 Å². The van der Waals surface area contributed by atoms with Gasteiger partial charge in [-0.2, -0.15) is 0 Å². The van der Waals surface area contributed by atoms with Crippen LogP contribution in [-0.4, -0.2) is 29.7 Å². The molecular weight excluding hydrogens is 286 g/mol. The van der Waals surface area contributed by atoms with Gasteiger partial charge in [-0.3, -0.25) is 0 Å². The molecule has 0 bridgehead atoms. The van der Waals surface area contributed by atoms with Crippen LogP contribution in [0, 0.1) is 11.3 Å². The summed E-state index contributed by atoms with van der Waals surface area (Å²) in [6, 6.07) is 10.7. The Morgan fingerprint density at radius 2 is 1.74 bits per heavy atom. The van der Waals surface area contributed by atoms with Crippen LogP contribution in [0.3, 0.4) is 0 Å². The molecule has 3 heteroatoms. The number of rotatable bonds is 3. The van der Waals surface area contributed by atoms with Crippen molar-refractivity contribution in [1.29, 1.82) is 0 Å². The van der Waals surface area contributed by atoms with Gasteiger partial charge in [0.1, 0.15) is 5.60 Å². The van der Waals surface area contributed by atoms with Crippen molar-refractivity contribution in [2.45, 2.75) is 59.5 Å². The molecule has 0 aliphatic carbocycles. The predicted molar refractivity (Wildman–Crippen MR) is 94.5 cm³/mol. The molecule has 1 amide bonds. The van der Waals surface area contributed by atoms with Crippen LogP contribution in [0.2, 0.25) is 0 Å². The van der Waals surface area contributed by atoms with Gasteiger partial charge in [-0.25, -0.2) is 4.79 Å². The lowest BCUT2D eigenvalue weighted by atomic mass is 9.66. The van der Waals surface area contributed by atoms with Crippen molar-refractivity contribution < 1.29 is 9.53 Å². The highest BCUT2D eigenvalue weighted by atomic mass is 16.6. The van der Waals surface area contributed by atoms with Gasteiger partial charge in [-0.05, 0) is 56.9 Å². The van der Waals surface area contributed by atoms with Gasteiger partial charge in [0.15, 0.2) is 0 Å². The maximum absolute atomic E-state index is 12.3. The molecule has 23 heavy (non-hydrogen) atoms. The lowest BCUT2D eigenvalue weighted by Crippen LogP contribution is -2.47. The lowest BCUT2D eigenvalue weighted by Gasteiger charge is -2.45. The van der Waals surface area contributed by atoms with Gasteiger partial charge < -0.3 is 9.64 Å². The standard InChI is InChI=1S/C20H31NO2/c1-16(2)20(15-17-9-7-6-8-10-17)11-13-21(14-12-20)18(22)23-19(3,4)5/h6-10,16H,11-15H2,1-5H3. The molecule has 1 saturated heterocycles. The second-order valence-corrected chi connectivity index (χ2v) is 8.15. The van der Waals surface area contributed by atoms with Gasteiger partial charge >= 0.3 is 6.09 Å². The van der Waals surface area contributed by atoms with Crippen LogP contribution in [0.25, 0.3) is 0 Å². The fraction of sp³-hybridized carbons (Fsp3) is 0.650. The summed E-state index contributed by atoms with van der Waals surface area (Å²) in [6.45, 7) is 12.0. The Balaban J connectivity index is 2.02. The van der Waals surface area contributed by atoms with Crippen molar-refractivity contribution in [1.82, 2.24) is 4.90 Å². The first kappa shape index (κ1) is 17.8. The maximum Gasteiger partial charge on any atom is 0.410 e. The molecule has 0 N–H and O–H groups in total. The fourth-order valence-electron chi connectivity index (χ4n) is 3.42. The average molecular weight is 317 g/mol. The molecule has 2 rings (SSSR count). The quantitative estimate of drug-likeness (QED) is 0.793. The van der Waals surface area contributed by atoms with E-state index in [1.165, 1.54) is 5.56 Å². The van der Waals surface area contributed by atoms with E-state index in [0.717, 1.165) is 32.4 Å². The molecule has 1 heterocycles. The summed E-state index contributed by atoms with van der Waals surface area (Å²) in [5, 5.41) is 0. The second kappa shape index (κ2) is 6.94. The van der Waals surface area contributed by atoms with Gasteiger partial charge in [0.2, 0.25) is 0 Å². The molecule has 1 aliphatic heterocycles. The summed E-state index contributed by atoms with van der Waals surface area (Å²) in [7, 11) is 0. The van der Waals surface area contributed by atoms with Crippen molar-refractivity contribution in [2.75, 3.05) is 13.1 Å². The summed E-state index contributed by atoms with van der Waals surface area (Å²) in [5.41, 5.74) is 1.25. The molecule has 0 spiro atoms. The first-order chi connectivity index (χ1) is 10.7. The van der Waals surface area contributed by atoms with E-state index in [1.807, 2.05) is 25.7 Å². The summed E-state index contributed by atoms with van der Waals surface area (Å²) in [5.74, 6) is 0.600. The summed E-state index contributed by atoms with van der Waals surface area (Å²) in [4.78, 5) is 14.1. The van der Waals surface area contributed by atoms with Crippen LogP contribution in [0.4, 0.5) is 4.79 Å².